The Bertz CT molecular complexity index is 412. The fraction of sp³-hybridized carbons (Fsp3) is 0.538. The van der Waals surface area contributed by atoms with Gasteiger partial charge in [-0.15, -0.1) is 12.4 Å². The minimum atomic E-state index is -0.680. The second kappa shape index (κ2) is 8.56. The predicted octanol–water partition coefficient (Wildman–Crippen LogP) is 4.87. The van der Waals surface area contributed by atoms with Crippen LogP contribution >= 0.6 is 47.2 Å². The summed E-state index contributed by atoms with van der Waals surface area (Å²) in [7, 11) is 0. The number of hydrogen-bond donors (Lipinski definition) is 2. The number of aliphatic hydroxyl groups excluding tert-OH is 1. The van der Waals surface area contributed by atoms with Crippen molar-refractivity contribution in [3.63, 3.8) is 0 Å². The van der Waals surface area contributed by atoms with Crippen molar-refractivity contribution < 1.29 is 5.11 Å². The van der Waals surface area contributed by atoms with E-state index >= 15 is 0 Å². The van der Waals surface area contributed by atoms with Gasteiger partial charge in [-0.2, -0.15) is 0 Å². The molecule has 0 saturated heterocycles. The van der Waals surface area contributed by atoms with E-state index in [1.54, 1.807) is 12.1 Å². The second-order valence-electron chi connectivity index (χ2n) is 4.82. The van der Waals surface area contributed by atoms with Crippen LogP contribution in [0.25, 0.3) is 0 Å². The third-order valence-electron chi connectivity index (χ3n) is 2.87. The lowest BCUT2D eigenvalue weighted by atomic mass is 9.96. The standard InChI is InChI=1S/C13H18Cl3NO.ClH/c1-7(2)3-6-10(18)13(17)11-8(14)4-5-9(15)12(11)16;/h4-5,7,10,13,18H,3,6,17H2,1-2H3;1H/t10-,13-;/m0./s1. The highest BCUT2D eigenvalue weighted by Crippen LogP contribution is 2.36. The maximum absolute atomic E-state index is 10.1. The van der Waals surface area contributed by atoms with Crippen molar-refractivity contribution in [1.82, 2.24) is 0 Å². The van der Waals surface area contributed by atoms with Gasteiger partial charge in [-0.25, -0.2) is 0 Å². The number of rotatable bonds is 5. The zero-order chi connectivity index (χ0) is 13.9. The van der Waals surface area contributed by atoms with Crippen molar-refractivity contribution in [2.45, 2.75) is 38.8 Å². The fourth-order valence-electron chi connectivity index (χ4n) is 1.72. The van der Waals surface area contributed by atoms with Crippen LogP contribution < -0.4 is 5.73 Å². The van der Waals surface area contributed by atoms with Crippen molar-refractivity contribution in [3.05, 3.63) is 32.8 Å². The molecule has 0 amide bonds. The lowest BCUT2D eigenvalue weighted by Crippen LogP contribution is -2.27. The van der Waals surface area contributed by atoms with Crippen LogP contribution in [-0.2, 0) is 0 Å². The summed E-state index contributed by atoms with van der Waals surface area (Å²) in [5.74, 6) is 0.511. The van der Waals surface area contributed by atoms with Gasteiger partial charge < -0.3 is 10.8 Å². The summed E-state index contributed by atoms with van der Waals surface area (Å²) in [6.45, 7) is 4.19. The molecule has 0 aliphatic rings. The van der Waals surface area contributed by atoms with E-state index in [0.29, 0.717) is 33.0 Å². The average molecular weight is 347 g/mol. The van der Waals surface area contributed by atoms with Gasteiger partial charge in [-0.3, -0.25) is 0 Å². The quantitative estimate of drug-likeness (QED) is 0.747. The van der Waals surface area contributed by atoms with Gasteiger partial charge in [0.15, 0.2) is 0 Å². The highest BCUT2D eigenvalue weighted by atomic mass is 35.5. The lowest BCUT2D eigenvalue weighted by Gasteiger charge is -2.22. The van der Waals surface area contributed by atoms with Gasteiger partial charge in [-0.05, 0) is 30.9 Å². The lowest BCUT2D eigenvalue weighted by molar-refractivity contribution is 0.128. The molecule has 0 unspecified atom stereocenters. The van der Waals surface area contributed by atoms with Crippen LogP contribution in [0.4, 0.5) is 0 Å². The Balaban J connectivity index is 0.00000324. The Kier molecular flexibility index (Phi) is 8.69. The topological polar surface area (TPSA) is 46.2 Å². The summed E-state index contributed by atoms with van der Waals surface area (Å²) in [6, 6.07) is 2.63. The first-order chi connectivity index (χ1) is 8.34. The molecule has 2 atom stereocenters. The van der Waals surface area contributed by atoms with E-state index in [0.717, 1.165) is 6.42 Å². The van der Waals surface area contributed by atoms with E-state index in [2.05, 4.69) is 13.8 Å². The molecular formula is C13H19Cl4NO. The monoisotopic (exact) mass is 345 g/mol. The van der Waals surface area contributed by atoms with Crippen molar-refractivity contribution >= 4 is 47.2 Å². The third kappa shape index (κ3) is 5.30. The van der Waals surface area contributed by atoms with Gasteiger partial charge in [0.05, 0.1) is 22.2 Å². The van der Waals surface area contributed by atoms with Gasteiger partial charge >= 0.3 is 0 Å². The van der Waals surface area contributed by atoms with E-state index in [1.165, 1.54) is 0 Å². The molecule has 110 valence electrons. The van der Waals surface area contributed by atoms with Crippen LogP contribution in [-0.4, -0.2) is 11.2 Å². The second-order valence-corrected chi connectivity index (χ2v) is 6.01. The van der Waals surface area contributed by atoms with Gasteiger partial charge in [0.25, 0.3) is 0 Å². The van der Waals surface area contributed by atoms with Crippen molar-refractivity contribution in [1.29, 1.82) is 0 Å². The number of benzene rings is 1. The van der Waals surface area contributed by atoms with Gasteiger partial charge in [0.2, 0.25) is 0 Å². The predicted molar refractivity (Wildman–Crippen MR) is 85.7 cm³/mol. The van der Waals surface area contributed by atoms with Crippen molar-refractivity contribution in [2.24, 2.45) is 11.7 Å². The molecule has 0 aliphatic carbocycles. The number of nitrogens with two attached hydrogens (primary N) is 1. The summed E-state index contributed by atoms with van der Waals surface area (Å²) >= 11 is 18.1. The smallest absolute Gasteiger partial charge is 0.0734 e. The highest BCUT2D eigenvalue weighted by molar-refractivity contribution is 6.44. The van der Waals surface area contributed by atoms with Crippen LogP contribution in [0.5, 0.6) is 0 Å². The molecule has 1 rings (SSSR count). The van der Waals surface area contributed by atoms with Crippen molar-refractivity contribution in [2.75, 3.05) is 0 Å². The van der Waals surface area contributed by atoms with Gasteiger partial charge in [0, 0.05) is 10.6 Å². The summed E-state index contributed by atoms with van der Waals surface area (Å²) in [5, 5.41) is 11.2. The summed E-state index contributed by atoms with van der Waals surface area (Å²) in [6.07, 6.45) is 0.823. The fourth-order valence-corrected chi connectivity index (χ4v) is 2.51. The summed E-state index contributed by atoms with van der Waals surface area (Å²) in [5.41, 5.74) is 6.53. The molecule has 0 heterocycles. The Morgan fingerprint density at radius 1 is 1.11 bits per heavy atom. The SMILES string of the molecule is CC(C)CC[C@H](O)[C@H](N)c1c(Cl)ccc(Cl)c1Cl.Cl. The molecule has 6 heteroatoms. The van der Waals surface area contributed by atoms with Crippen LogP contribution in [0, 0.1) is 5.92 Å². The van der Waals surface area contributed by atoms with Crippen molar-refractivity contribution in [3.8, 4) is 0 Å². The molecule has 0 spiro atoms. The number of hydrogen-bond acceptors (Lipinski definition) is 2. The van der Waals surface area contributed by atoms with Gasteiger partial charge in [-0.1, -0.05) is 48.7 Å². The minimum absolute atomic E-state index is 0. The average Bonchev–Trinajstić information content (AvgIpc) is 2.31. The molecule has 0 aliphatic heterocycles. The van der Waals surface area contributed by atoms with Gasteiger partial charge in [0.1, 0.15) is 0 Å². The van der Waals surface area contributed by atoms with E-state index in [4.69, 9.17) is 40.5 Å². The number of aliphatic hydroxyl groups is 1. The molecule has 3 N–H and O–H groups in total. The molecule has 1 aromatic carbocycles. The van der Waals surface area contributed by atoms with Crippen LogP contribution in [0.3, 0.4) is 0 Å². The summed E-state index contributed by atoms with van der Waals surface area (Å²) < 4.78 is 0. The largest absolute Gasteiger partial charge is 0.391 e. The van der Waals surface area contributed by atoms with E-state index in [-0.39, 0.29) is 12.4 Å². The molecule has 0 bridgehead atoms. The molecule has 2 nitrogen and oxygen atoms in total. The van der Waals surface area contributed by atoms with E-state index in [1.807, 2.05) is 0 Å². The molecule has 0 radical (unpaired) electrons. The molecule has 1 aromatic rings. The Labute approximate surface area is 135 Å². The maximum Gasteiger partial charge on any atom is 0.0734 e. The molecule has 0 aromatic heterocycles. The Hall–Kier alpha value is 0.300. The molecule has 0 saturated carbocycles. The van der Waals surface area contributed by atoms with E-state index < -0.39 is 12.1 Å². The van der Waals surface area contributed by atoms with Crippen LogP contribution in [0.1, 0.15) is 38.3 Å². The summed E-state index contributed by atoms with van der Waals surface area (Å²) in [4.78, 5) is 0. The van der Waals surface area contributed by atoms with Crippen LogP contribution in [0.2, 0.25) is 15.1 Å². The first-order valence-electron chi connectivity index (χ1n) is 5.91. The molecule has 19 heavy (non-hydrogen) atoms. The maximum atomic E-state index is 10.1. The Morgan fingerprint density at radius 3 is 2.16 bits per heavy atom. The molecule has 0 fully saturated rings. The first kappa shape index (κ1) is 19.3. The molecular weight excluding hydrogens is 328 g/mol. The normalized spacial score (nSPS) is 14.1. The van der Waals surface area contributed by atoms with E-state index in [9.17, 15) is 5.11 Å². The third-order valence-corrected chi connectivity index (χ3v) is 4.02. The zero-order valence-electron chi connectivity index (χ0n) is 10.9. The Morgan fingerprint density at radius 2 is 1.63 bits per heavy atom. The van der Waals surface area contributed by atoms with Crippen LogP contribution in [0.15, 0.2) is 12.1 Å². The number of halogens is 4. The highest BCUT2D eigenvalue weighted by Gasteiger charge is 2.23. The zero-order valence-corrected chi connectivity index (χ0v) is 14.0. The first-order valence-corrected chi connectivity index (χ1v) is 7.05. The minimum Gasteiger partial charge on any atom is -0.391 e.